The highest BCUT2D eigenvalue weighted by molar-refractivity contribution is 5.85. The second-order valence-electron chi connectivity index (χ2n) is 6.88. The van der Waals surface area contributed by atoms with Crippen LogP contribution in [0.25, 0.3) is 10.9 Å². The summed E-state index contributed by atoms with van der Waals surface area (Å²) in [6.07, 6.45) is 4.20. The largest absolute Gasteiger partial charge is 0.480 e. The van der Waals surface area contributed by atoms with Crippen molar-refractivity contribution in [2.24, 2.45) is 11.8 Å². The van der Waals surface area contributed by atoms with E-state index >= 15 is 0 Å². The summed E-state index contributed by atoms with van der Waals surface area (Å²) in [7, 11) is 0. The first-order valence-corrected chi connectivity index (χ1v) is 8.52. The van der Waals surface area contributed by atoms with E-state index in [9.17, 15) is 19.5 Å². The summed E-state index contributed by atoms with van der Waals surface area (Å²) in [4.78, 5) is 42.6. The molecule has 1 amide bonds. The molecule has 0 spiro atoms. The van der Waals surface area contributed by atoms with Crippen LogP contribution in [0.1, 0.15) is 19.3 Å². The Bertz CT molecular complexity index is 907. The second kappa shape index (κ2) is 5.98. The molecule has 3 unspecified atom stereocenters. The first-order valence-electron chi connectivity index (χ1n) is 8.52. The summed E-state index contributed by atoms with van der Waals surface area (Å²) in [6.45, 7) is 0.288. The lowest BCUT2D eigenvalue weighted by Gasteiger charge is -2.24. The number of rotatable bonds is 3. The molecule has 1 saturated carbocycles. The molecule has 1 aromatic carbocycles. The van der Waals surface area contributed by atoms with E-state index in [0.717, 1.165) is 19.3 Å². The Balaban J connectivity index is 1.61. The van der Waals surface area contributed by atoms with E-state index in [1.807, 2.05) is 0 Å². The molecule has 4 rings (SSSR count). The molecule has 3 atom stereocenters. The fourth-order valence-electron chi connectivity index (χ4n) is 4.33. The number of para-hydroxylation sites is 1. The van der Waals surface area contributed by atoms with Crippen LogP contribution in [-0.4, -0.2) is 44.0 Å². The van der Waals surface area contributed by atoms with E-state index < -0.39 is 12.0 Å². The number of fused-ring (bicyclic) bond motifs is 2. The lowest BCUT2D eigenvalue weighted by molar-refractivity contribution is -0.149. The molecule has 2 heterocycles. The number of carbonyl (C=O) groups is 2. The van der Waals surface area contributed by atoms with Crippen LogP contribution >= 0.6 is 0 Å². The summed E-state index contributed by atoms with van der Waals surface area (Å²) in [5.41, 5.74) is 0.292. The van der Waals surface area contributed by atoms with Crippen molar-refractivity contribution in [3.05, 3.63) is 40.9 Å². The van der Waals surface area contributed by atoms with Gasteiger partial charge in [0.05, 0.1) is 17.2 Å². The summed E-state index contributed by atoms with van der Waals surface area (Å²) in [5, 5.41) is 10.0. The maximum Gasteiger partial charge on any atom is 0.326 e. The van der Waals surface area contributed by atoms with Crippen LogP contribution in [0.4, 0.5) is 0 Å². The monoisotopic (exact) mass is 341 g/mol. The van der Waals surface area contributed by atoms with E-state index in [2.05, 4.69) is 4.98 Å². The number of nitrogens with zero attached hydrogens (tertiary/aromatic N) is 3. The van der Waals surface area contributed by atoms with Crippen molar-refractivity contribution in [1.29, 1.82) is 0 Å². The predicted molar refractivity (Wildman–Crippen MR) is 90.0 cm³/mol. The predicted octanol–water partition coefficient (Wildman–Crippen LogP) is 1.11. The van der Waals surface area contributed by atoms with Crippen molar-refractivity contribution in [3.63, 3.8) is 0 Å². The minimum absolute atomic E-state index is 0.0351. The van der Waals surface area contributed by atoms with Crippen LogP contribution in [0, 0.1) is 11.8 Å². The Morgan fingerprint density at radius 2 is 2.04 bits per heavy atom. The summed E-state index contributed by atoms with van der Waals surface area (Å²) < 4.78 is 1.26. The molecule has 1 aliphatic carbocycles. The topological polar surface area (TPSA) is 92.5 Å². The average molecular weight is 341 g/mol. The molecule has 1 aromatic heterocycles. The lowest BCUT2D eigenvalue weighted by atomic mass is 9.94. The van der Waals surface area contributed by atoms with Gasteiger partial charge in [-0.3, -0.25) is 14.2 Å². The van der Waals surface area contributed by atoms with Gasteiger partial charge in [-0.25, -0.2) is 9.78 Å². The van der Waals surface area contributed by atoms with E-state index in [0.29, 0.717) is 17.4 Å². The first-order chi connectivity index (χ1) is 12.1. The fraction of sp³-hybridized carbons (Fsp3) is 0.444. The molecule has 1 N–H and O–H groups in total. The standard InChI is InChI=1S/C18H19N3O4/c22-15(21-8-11-4-3-6-12(11)16(21)18(24)25)9-20-10-19-14-7-2-1-5-13(14)17(20)23/h1-2,5,7,10-12,16H,3-4,6,8-9H2,(H,24,25). The molecule has 2 fully saturated rings. The van der Waals surface area contributed by atoms with Crippen LogP contribution in [0.3, 0.4) is 0 Å². The third-order valence-electron chi connectivity index (χ3n) is 5.50. The highest BCUT2D eigenvalue weighted by Crippen LogP contribution is 2.42. The minimum Gasteiger partial charge on any atom is -0.480 e. The van der Waals surface area contributed by atoms with Crippen molar-refractivity contribution in [1.82, 2.24) is 14.5 Å². The summed E-state index contributed by atoms with van der Waals surface area (Å²) in [5.74, 6) is -0.989. The molecule has 7 nitrogen and oxygen atoms in total. The first kappa shape index (κ1) is 15.8. The maximum atomic E-state index is 12.7. The number of carboxylic acids is 1. The molecular weight excluding hydrogens is 322 g/mol. The Kier molecular flexibility index (Phi) is 3.78. The number of aliphatic carboxylic acids is 1. The van der Waals surface area contributed by atoms with Crippen LogP contribution in [0.5, 0.6) is 0 Å². The van der Waals surface area contributed by atoms with Crippen molar-refractivity contribution < 1.29 is 14.7 Å². The third kappa shape index (κ3) is 2.59. The molecule has 130 valence electrons. The zero-order chi connectivity index (χ0) is 17.6. The van der Waals surface area contributed by atoms with E-state index in [1.54, 1.807) is 24.3 Å². The third-order valence-corrected chi connectivity index (χ3v) is 5.50. The van der Waals surface area contributed by atoms with Gasteiger partial charge in [-0.1, -0.05) is 18.6 Å². The Morgan fingerprint density at radius 1 is 1.24 bits per heavy atom. The quantitative estimate of drug-likeness (QED) is 0.903. The van der Waals surface area contributed by atoms with Gasteiger partial charge in [0.2, 0.25) is 5.91 Å². The van der Waals surface area contributed by atoms with Crippen LogP contribution in [-0.2, 0) is 16.1 Å². The number of aromatic nitrogens is 2. The van der Waals surface area contributed by atoms with Crippen molar-refractivity contribution >= 4 is 22.8 Å². The van der Waals surface area contributed by atoms with Gasteiger partial charge in [0, 0.05) is 6.54 Å². The van der Waals surface area contributed by atoms with Crippen molar-refractivity contribution in [3.8, 4) is 0 Å². The van der Waals surface area contributed by atoms with E-state index in [4.69, 9.17) is 0 Å². The normalized spacial score (nSPS) is 25.3. The number of hydrogen-bond acceptors (Lipinski definition) is 4. The summed E-state index contributed by atoms with van der Waals surface area (Å²) in [6, 6.07) is 6.19. The van der Waals surface area contributed by atoms with Gasteiger partial charge in [-0.05, 0) is 36.8 Å². The molecule has 2 aliphatic rings. The van der Waals surface area contributed by atoms with Gasteiger partial charge in [-0.15, -0.1) is 0 Å². The van der Waals surface area contributed by atoms with Gasteiger partial charge in [-0.2, -0.15) is 0 Å². The smallest absolute Gasteiger partial charge is 0.326 e. The Hall–Kier alpha value is -2.70. The van der Waals surface area contributed by atoms with Gasteiger partial charge in [0.1, 0.15) is 12.6 Å². The second-order valence-corrected chi connectivity index (χ2v) is 6.88. The molecule has 1 saturated heterocycles. The molecule has 1 aliphatic heterocycles. The lowest BCUT2D eigenvalue weighted by Crippen LogP contribution is -2.45. The average Bonchev–Trinajstić information content (AvgIpc) is 3.18. The number of likely N-dealkylation sites (tertiary alicyclic amines) is 1. The Morgan fingerprint density at radius 3 is 2.84 bits per heavy atom. The van der Waals surface area contributed by atoms with Gasteiger partial charge < -0.3 is 10.0 Å². The van der Waals surface area contributed by atoms with Crippen LogP contribution < -0.4 is 5.56 Å². The molecule has 2 aromatic rings. The molecule has 25 heavy (non-hydrogen) atoms. The highest BCUT2D eigenvalue weighted by Gasteiger charge is 2.49. The maximum absolute atomic E-state index is 12.7. The van der Waals surface area contributed by atoms with Crippen LogP contribution in [0.2, 0.25) is 0 Å². The van der Waals surface area contributed by atoms with Crippen molar-refractivity contribution in [2.45, 2.75) is 31.8 Å². The molecule has 0 radical (unpaired) electrons. The van der Waals surface area contributed by atoms with Gasteiger partial charge in [0.25, 0.3) is 5.56 Å². The summed E-state index contributed by atoms with van der Waals surface area (Å²) >= 11 is 0. The number of amides is 1. The number of carbonyl (C=O) groups excluding carboxylic acids is 1. The fourth-order valence-corrected chi connectivity index (χ4v) is 4.33. The Labute approximate surface area is 143 Å². The number of carboxylic acid groups (broad SMARTS) is 1. The molecule has 0 bridgehead atoms. The molecular formula is C18H19N3O4. The SMILES string of the molecule is O=C(O)C1C2CCCC2CN1C(=O)Cn1cnc2ccccc2c1=O. The van der Waals surface area contributed by atoms with E-state index in [-0.39, 0.29) is 29.8 Å². The van der Waals surface area contributed by atoms with E-state index in [1.165, 1.54) is 15.8 Å². The number of benzene rings is 1. The zero-order valence-electron chi connectivity index (χ0n) is 13.7. The van der Waals surface area contributed by atoms with Gasteiger partial charge in [0.15, 0.2) is 0 Å². The zero-order valence-corrected chi connectivity index (χ0v) is 13.7. The van der Waals surface area contributed by atoms with Crippen molar-refractivity contribution in [2.75, 3.05) is 6.54 Å². The number of hydrogen-bond donors (Lipinski definition) is 1. The van der Waals surface area contributed by atoms with Crippen LogP contribution in [0.15, 0.2) is 35.4 Å². The minimum atomic E-state index is -0.952. The molecule has 7 heteroatoms. The van der Waals surface area contributed by atoms with Gasteiger partial charge >= 0.3 is 5.97 Å². The highest BCUT2D eigenvalue weighted by atomic mass is 16.4.